The largest absolute Gasteiger partial charge is 0.309 e. The predicted molar refractivity (Wildman–Crippen MR) is 511 cm³/mol. The van der Waals surface area contributed by atoms with Crippen molar-refractivity contribution < 1.29 is 0 Å². The minimum absolute atomic E-state index is 0.647. The Balaban J connectivity index is 0.000000151. The van der Waals surface area contributed by atoms with Crippen LogP contribution in [0.1, 0.15) is 5.56 Å². The molecule has 19 aromatic carbocycles. The Labute approximate surface area is 703 Å². The third-order valence-corrected chi connectivity index (χ3v) is 29.4. The van der Waals surface area contributed by atoms with Crippen molar-refractivity contribution in [1.82, 2.24) is 18.3 Å². The molecule has 0 atom stereocenters. The van der Waals surface area contributed by atoms with E-state index in [0.29, 0.717) is 5.56 Å². The van der Waals surface area contributed by atoms with Gasteiger partial charge in [0.2, 0.25) is 0 Å². The summed E-state index contributed by atoms with van der Waals surface area (Å²) in [6.07, 6.45) is 0. The number of fused-ring (bicyclic) bond motifs is 12. The van der Waals surface area contributed by atoms with E-state index in [2.05, 4.69) is 467 Å². The van der Waals surface area contributed by atoms with E-state index >= 15 is 0 Å². The molecule has 6 heteroatoms. The Morgan fingerprint density at radius 3 is 0.752 bits per heavy atom. The quantitative estimate of drug-likeness (QED) is 0.0790. The van der Waals surface area contributed by atoms with Crippen molar-refractivity contribution in [3.63, 3.8) is 0 Å². The summed E-state index contributed by atoms with van der Waals surface area (Å²) in [5.41, 5.74) is 28.8. The average Bonchev–Trinajstić information content (AvgIpc) is 0.805. The molecule has 0 unspecified atom stereocenters. The summed E-state index contributed by atoms with van der Waals surface area (Å²) in [4.78, 5) is 0. The number of hydrogen-bond acceptors (Lipinski definition) is 1. The molecule has 0 saturated carbocycles. The van der Waals surface area contributed by atoms with Crippen molar-refractivity contribution in [2.45, 2.75) is 0 Å². The van der Waals surface area contributed by atoms with Gasteiger partial charge in [0, 0.05) is 65.8 Å². The van der Waals surface area contributed by atoms with Crippen LogP contribution in [0.3, 0.4) is 0 Å². The highest BCUT2D eigenvalue weighted by Crippen LogP contribution is 2.44. The van der Waals surface area contributed by atoms with Crippen LogP contribution in [-0.2, 0) is 0 Å². The standard InChI is InChI=1S/C66H46N2Si.C49H31N3/c1-6-19-47(20-7-1)48-21-18-22-49(43-48)52-33-40-60-62-45-51(50-34-41-64-61(44-50)59-31-16-17-32-63(59)67(64)53-23-8-2-9-24-53)35-42-65(62)68(66(60)46-52)54-36-38-58(39-37-54)69(55-25-10-3-11-26-55,56-27-12-4-13-28-56)57-29-14-5-15-30-57;50-32-33-18-23-41(24-19-33)52-48-27-22-38(37-21-26-47-44(29-37)42-16-7-8-17-46(42)51(47)40-14-5-2-6-15-40)30-45(48)43-25-20-39(31-49(43)52)36-13-9-12-35(28-36)34-10-3-1-4-11-34/h1-46H;1-31H. The van der Waals surface area contributed by atoms with Crippen LogP contribution in [0.5, 0.6) is 0 Å². The van der Waals surface area contributed by atoms with E-state index in [1.54, 1.807) is 0 Å². The fourth-order valence-corrected chi connectivity index (χ4v) is 23.7. The number of benzene rings is 19. The zero-order valence-electron chi connectivity index (χ0n) is 66.2. The van der Waals surface area contributed by atoms with Gasteiger partial charge in [0.05, 0.1) is 55.8 Å². The molecule has 0 N–H and O–H groups in total. The molecule has 4 heterocycles. The maximum absolute atomic E-state index is 9.53. The number of aromatic nitrogens is 4. The molecule has 121 heavy (non-hydrogen) atoms. The van der Waals surface area contributed by atoms with Gasteiger partial charge in [0.15, 0.2) is 8.07 Å². The average molecular weight is 1560 g/mol. The molecule has 0 saturated heterocycles. The minimum Gasteiger partial charge on any atom is -0.309 e. The fraction of sp³-hybridized carbons (Fsp3) is 0. The van der Waals surface area contributed by atoms with Crippen molar-refractivity contribution in [2.75, 3.05) is 0 Å². The van der Waals surface area contributed by atoms with Crippen molar-refractivity contribution in [1.29, 1.82) is 5.26 Å². The summed E-state index contributed by atoms with van der Waals surface area (Å²) in [6, 6.07) is 172. The van der Waals surface area contributed by atoms with Crippen LogP contribution in [-0.4, -0.2) is 26.3 Å². The molecule has 0 amide bonds. The first-order valence-corrected chi connectivity index (χ1v) is 43.4. The molecule has 0 radical (unpaired) electrons. The van der Waals surface area contributed by atoms with Gasteiger partial charge in [0.25, 0.3) is 0 Å². The van der Waals surface area contributed by atoms with Crippen LogP contribution >= 0.6 is 0 Å². The first-order chi connectivity index (χ1) is 59.9. The van der Waals surface area contributed by atoms with Gasteiger partial charge in [-0.15, -0.1) is 0 Å². The molecule has 5 nitrogen and oxygen atoms in total. The van der Waals surface area contributed by atoms with E-state index < -0.39 is 8.07 Å². The summed E-state index contributed by atoms with van der Waals surface area (Å²) in [6.45, 7) is 0. The minimum atomic E-state index is -2.71. The summed E-state index contributed by atoms with van der Waals surface area (Å²) >= 11 is 0. The number of para-hydroxylation sites is 4. The normalized spacial score (nSPS) is 11.6. The van der Waals surface area contributed by atoms with E-state index in [1.165, 1.54) is 158 Å². The van der Waals surface area contributed by atoms with Gasteiger partial charge in [-0.1, -0.05) is 322 Å². The van der Waals surface area contributed by atoms with Crippen LogP contribution in [0.15, 0.2) is 467 Å². The van der Waals surface area contributed by atoms with Gasteiger partial charge in [-0.25, -0.2) is 0 Å². The second-order valence-electron chi connectivity index (χ2n) is 31.4. The third kappa shape index (κ3) is 12.5. The molecule has 0 aliphatic carbocycles. The highest BCUT2D eigenvalue weighted by atomic mass is 28.3. The van der Waals surface area contributed by atoms with Crippen molar-refractivity contribution in [2.24, 2.45) is 0 Å². The number of rotatable bonds is 14. The Kier molecular flexibility index (Phi) is 17.9. The summed E-state index contributed by atoms with van der Waals surface area (Å²) in [5, 5.41) is 24.8. The Morgan fingerprint density at radius 1 is 0.157 bits per heavy atom. The van der Waals surface area contributed by atoms with Gasteiger partial charge in [-0.2, -0.15) is 5.26 Å². The third-order valence-electron chi connectivity index (χ3n) is 24.6. The number of nitrogens with zero attached hydrogens (tertiary/aromatic N) is 5. The maximum atomic E-state index is 9.53. The van der Waals surface area contributed by atoms with Crippen molar-refractivity contribution >= 4 is 116 Å². The molecule has 4 aromatic heterocycles. The van der Waals surface area contributed by atoms with Gasteiger partial charge in [-0.3, -0.25) is 0 Å². The van der Waals surface area contributed by atoms with Gasteiger partial charge in [0.1, 0.15) is 0 Å². The number of nitriles is 1. The highest BCUT2D eigenvalue weighted by molar-refractivity contribution is 7.19. The summed E-state index contributed by atoms with van der Waals surface area (Å²) in [5.74, 6) is 0. The van der Waals surface area contributed by atoms with E-state index in [4.69, 9.17) is 0 Å². The first kappa shape index (κ1) is 71.6. The lowest BCUT2D eigenvalue weighted by Gasteiger charge is -2.34. The smallest absolute Gasteiger partial charge is 0.179 e. The predicted octanol–water partition coefficient (Wildman–Crippen LogP) is 27.0. The van der Waals surface area contributed by atoms with Crippen LogP contribution in [0, 0.1) is 11.3 Å². The van der Waals surface area contributed by atoms with Crippen LogP contribution in [0.2, 0.25) is 0 Å². The molecule has 0 aliphatic rings. The zero-order chi connectivity index (χ0) is 80.3. The van der Waals surface area contributed by atoms with E-state index in [9.17, 15) is 5.26 Å². The molecule has 23 aromatic rings. The molecule has 23 rings (SSSR count). The Bertz CT molecular complexity index is 7800. The lowest BCUT2D eigenvalue weighted by Crippen LogP contribution is -2.74. The molecule has 0 fully saturated rings. The van der Waals surface area contributed by atoms with Crippen LogP contribution < -0.4 is 20.7 Å². The van der Waals surface area contributed by atoms with E-state index in [-0.39, 0.29) is 0 Å². The van der Waals surface area contributed by atoms with E-state index in [1.807, 2.05) is 24.3 Å². The Hall–Kier alpha value is -15.9. The SMILES string of the molecule is N#Cc1ccc(-n2c3ccc(-c4ccc5c(c4)c4ccccc4n5-c4ccccc4)cc3c3ccc(-c4cccc(-c5ccccc5)c4)cc32)cc1.c1ccc(-c2cccc(-c3ccc4c5cc(-c6ccc7c(c6)c6ccccc6n7-c6ccccc6)ccc5n(-c5ccc([Si](c6ccccc6)(c6ccccc6)c6ccccc6)cc5)c4c3)c2)cc1. The molecule has 0 bridgehead atoms. The van der Waals surface area contributed by atoms with Gasteiger partial charge >= 0.3 is 0 Å². The molecule has 566 valence electrons. The monoisotopic (exact) mass is 1560 g/mol. The number of hydrogen-bond donors (Lipinski definition) is 0. The summed E-state index contributed by atoms with van der Waals surface area (Å²) < 4.78 is 9.55. The van der Waals surface area contributed by atoms with Gasteiger partial charge < -0.3 is 18.3 Å². The Morgan fingerprint density at radius 2 is 0.397 bits per heavy atom. The lowest BCUT2D eigenvalue weighted by molar-refractivity contribution is 1.18. The lowest BCUT2D eigenvalue weighted by atomic mass is 9.97. The topological polar surface area (TPSA) is 43.5 Å². The molecule has 0 spiro atoms. The zero-order valence-corrected chi connectivity index (χ0v) is 67.2. The second kappa shape index (κ2) is 30.3. The summed E-state index contributed by atoms with van der Waals surface area (Å²) in [7, 11) is -2.71. The molecular weight excluding hydrogens is 1480 g/mol. The van der Waals surface area contributed by atoms with E-state index in [0.717, 1.165) is 39.3 Å². The molecular formula is C115H77N5Si. The van der Waals surface area contributed by atoms with Crippen LogP contribution in [0.25, 0.3) is 177 Å². The maximum Gasteiger partial charge on any atom is 0.179 e. The van der Waals surface area contributed by atoms with Crippen molar-refractivity contribution in [3.8, 4) is 95.6 Å². The van der Waals surface area contributed by atoms with Crippen molar-refractivity contribution in [3.05, 3.63) is 473 Å². The molecule has 0 aliphatic heterocycles. The van der Waals surface area contributed by atoms with Gasteiger partial charge in [-0.05, 0) is 233 Å². The fourth-order valence-electron chi connectivity index (χ4n) is 19.0. The first-order valence-electron chi connectivity index (χ1n) is 41.4. The second-order valence-corrected chi connectivity index (χ2v) is 35.2. The highest BCUT2D eigenvalue weighted by Gasteiger charge is 2.41. The van der Waals surface area contributed by atoms with Crippen LogP contribution in [0.4, 0.5) is 0 Å².